The van der Waals surface area contributed by atoms with Crippen LogP contribution in [0, 0.1) is 11.8 Å². The van der Waals surface area contributed by atoms with Gasteiger partial charge in [0.15, 0.2) is 0 Å². The largest absolute Gasteiger partial charge is 0.465 e. The minimum Gasteiger partial charge on any atom is -0.465 e. The van der Waals surface area contributed by atoms with Crippen LogP contribution in [-0.4, -0.2) is 12.6 Å². The van der Waals surface area contributed by atoms with Gasteiger partial charge in [-0.15, -0.1) is 0 Å². The second-order valence-electron chi connectivity index (χ2n) is 3.25. The van der Waals surface area contributed by atoms with Crippen LogP contribution in [0.5, 0.6) is 0 Å². The van der Waals surface area contributed by atoms with Crippen LogP contribution in [0.15, 0.2) is 12.2 Å². The van der Waals surface area contributed by atoms with E-state index in [0.29, 0.717) is 24.9 Å². The van der Waals surface area contributed by atoms with E-state index in [0.717, 1.165) is 6.42 Å². The molecule has 1 fully saturated rings. The Kier molecular flexibility index (Phi) is 3.32. The third-order valence-corrected chi connectivity index (χ3v) is 2.44. The van der Waals surface area contributed by atoms with E-state index in [2.05, 4.69) is 13.0 Å². The SMILES string of the molecule is C/C=C/C1COC(=O)CC1CC. The molecule has 0 amide bonds. The summed E-state index contributed by atoms with van der Waals surface area (Å²) in [5, 5.41) is 0. The molecule has 0 aromatic rings. The van der Waals surface area contributed by atoms with Gasteiger partial charge in [0.25, 0.3) is 0 Å². The van der Waals surface area contributed by atoms with Gasteiger partial charge in [-0.2, -0.15) is 0 Å². The molecule has 0 aromatic carbocycles. The van der Waals surface area contributed by atoms with E-state index >= 15 is 0 Å². The lowest BCUT2D eigenvalue weighted by Gasteiger charge is -2.27. The Balaban J connectivity index is 2.55. The molecule has 0 spiro atoms. The summed E-state index contributed by atoms with van der Waals surface area (Å²) < 4.78 is 4.98. The monoisotopic (exact) mass is 168 g/mol. The first kappa shape index (κ1) is 9.30. The van der Waals surface area contributed by atoms with E-state index in [4.69, 9.17) is 4.74 Å². The number of cyclic esters (lactones) is 1. The number of rotatable bonds is 2. The van der Waals surface area contributed by atoms with Crippen LogP contribution in [0.2, 0.25) is 0 Å². The second kappa shape index (κ2) is 4.29. The van der Waals surface area contributed by atoms with Crippen LogP contribution in [0.4, 0.5) is 0 Å². The van der Waals surface area contributed by atoms with Gasteiger partial charge in [-0.25, -0.2) is 0 Å². The van der Waals surface area contributed by atoms with Crippen LogP contribution < -0.4 is 0 Å². The van der Waals surface area contributed by atoms with Gasteiger partial charge < -0.3 is 4.74 Å². The molecule has 12 heavy (non-hydrogen) atoms. The zero-order valence-electron chi connectivity index (χ0n) is 7.75. The van der Waals surface area contributed by atoms with Gasteiger partial charge in [-0.05, 0) is 12.8 Å². The molecular weight excluding hydrogens is 152 g/mol. The summed E-state index contributed by atoms with van der Waals surface area (Å²) in [4.78, 5) is 10.9. The van der Waals surface area contributed by atoms with E-state index in [1.54, 1.807) is 0 Å². The Bertz CT molecular complexity index is 184. The fourth-order valence-corrected chi connectivity index (χ4v) is 1.66. The van der Waals surface area contributed by atoms with Gasteiger partial charge in [0, 0.05) is 12.3 Å². The van der Waals surface area contributed by atoms with Gasteiger partial charge in [-0.1, -0.05) is 25.5 Å². The van der Waals surface area contributed by atoms with Crippen LogP contribution in [-0.2, 0) is 9.53 Å². The fraction of sp³-hybridized carbons (Fsp3) is 0.700. The van der Waals surface area contributed by atoms with Crippen LogP contribution in [0.1, 0.15) is 26.7 Å². The summed E-state index contributed by atoms with van der Waals surface area (Å²) >= 11 is 0. The Morgan fingerprint density at radius 3 is 3.00 bits per heavy atom. The van der Waals surface area contributed by atoms with E-state index in [9.17, 15) is 4.79 Å². The molecule has 1 heterocycles. The van der Waals surface area contributed by atoms with Gasteiger partial charge in [0.1, 0.15) is 0 Å². The third-order valence-electron chi connectivity index (χ3n) is 2.44. The first-order chi connectivity index (χ1) is 5.77. The molecule has 1 aliphatic heterocycles. The van der Waals surface area contributed by atoms with Crippen LogP contribution >= 0.6 is 0 Å². The maximum Gasteiger partial charge on any atom is 0.306 e. The maximum atomic E-state index is 10.9. The molecule has 0 aromatic heterocycles. The summed E-state index contributed by atoms with van der Waals surface area (Å²) in [5.41, 5.74) is 0. The van der Waals surface area contributed by atoms with Crippen LogP contribution in [0.3, 0.4) is 0 Å². The number of carbonyl (C=O) groups excluding carboxylic acids is 1. The molecule has 2 nitrogen and oxygen atoms in total. The average Bonchev–Trinajstić information content (AvgIpc) is 2.08. The molecule has 1 aliphatic rings. The van der Waals surface area contributed by atoms with Crippen LogP contribution in [0.25, 0.3) is 0 Å². The molecular formula is C10H16O2. The molecule has 2 heteroatoms. The molecule has 0 saturated carbocycles. The molecule has 0 N–H and O–H groups in total. The van der Waals surface area contributed by atoms with Crippen molar-refractivity contribution in [3.63, 3.8) is 0 Å². The minimum absolute atomic E-state index is 0.0393. The molecule has 0 bridgehead atoms. The molecule has 0 radical (unpaired) electrons. The van der Waals surface area contributed by atoms with Crippen molar-refractivity contribution in [2.75, 3.05) is 6.61 Å². The summed E-state index contributed by atoms with van der Waals surface area (Å²) in [7, 11) is 0. The minimum atomic E-state index is -0.0393. The predicted octanol–water partition coefficient (Wildman–Crippen LogP) is 2.15. The predicted molar refractivity (Wildman–Crippen MR) is 47.7 cm³/mol. The smallest absolute Gasteiger partial charge is 0.306 e. The van der Waals surface area contributed by atoms with Gasteiger partial charge in [0.2, 0.25) is 0 Å². The maximum absolute atomic E-state index is 10.9. The van der Waals surface area contributed by atoms with Gasteiger partial charge >= 0.3 is 5.97 Å². The molecule has 2 atom stereocenters. The highest BCUT2D eigenvalue weighted by Crippen LogP contribution is 2.26. The molecule has 2 unspecified atom stereocenters. The Hall–Kier alpha value is -0.790. The summed E-state index contributed by atoms with van der Waals surface area (Å²) in [6.45, 7) is 4.70. The fourth-order valence-electron chi connectivity index (χ4n) is 1.66. The van der Waals surface area contributed by atoms with Crippen molar-refractivity contribution >= 4 is 5.97 Å². The number of allylic oxidation sites excluding steroid dienone is 1. The highest BCUT2D eigenvalue weighted by molar-refractivity contribution is 5.70. The number of carbonyl (C=O) groups is 1. The number of esters is 1. The average molecular weight is 168 g/mol. The Labute approximate surface area is 73.6 Å². The summed E-state index contributed by atoms with van der Waals surface area (Å²) in [6, 6.07) is 0. The normalized spacial score (nSPS) is 30.7. The Morgan fingerprint density at radius 1 is 1.67 bits per heavy atom. The van der Waals surface area contributed by atoms with Crippen molar-refractivity contribution < 1.29 is 9.53 Å². The van der Waals surface area contributed by atoms with Gasteiger partial charge in [-0.3, -0.25) is 4.79 Å². The zero-order chi connectivity index (χ0) is 8.97. The third kappa shape index (κ3) is 2.10. The molecule has 0 aliphatic carbocycles. The van der Waals surface area contributed by atoms with E-state index < -0.39 is 0 Å². The quantitative estimate of drug-likeness (QED) is 0.466. The van der Waals surface area contributed by atoms with Crippen molar-refractivity contribution in [1.29, 1.82) is 0 Å². The van der Waals surface area contributed by atoms with Crippen molar-refractivity contribution in [2.24, 2.45) is 11.8 Å². The topological polar surface area (TPSA) is 26.3 Å². The summed E-state index contributed by atoms with van der Waals surface area (Å²) in [6.07, 6.45) is 5.82. The lowest BCUT2D eigenvalue weighted by molar-refractivity contribution is -0.151. The molecule has 1 rings (SSSR count). The van der Waals surface area contributed by atoms with Crippen molar-refractivity contribution in [3.05, 3.63) is 12.2 Å². The number of hydrogen-bond acceptors (Lipinski definition) is 2. The van der Waals surface area contributed by atoms with E-state index in [1.165, 1.54) is 0 Å². The van der Waals surface area contributed by atoms with Crippen molar-refractivity contribution in [1.82, 2.24) is 0 Å². The lowest BCUT2D eigenvalue weighted by Crippen LogP contribution is -2.29. The summed E-state index contributed by atoms with van der Waals surface area (Å²) in [5.74, 6) is 0.891. The zero-order valence-corrected chi connectivity index (χ0v) is 7.75. The van der Waals surface area contributed by atoms with E-state index in [-0.39, 0.29) is 5.97 Å². The first-order valence-electron chi connectivity index (χ1n) is 4.56. The highest BCUT2D eigenvalue weighted by atomic mass is 16.5. The Morgan fingerprint density at radius 2 is 2.42 bits per heavy atom. The lowest BCUT2D eigenvalue weighted by atomic mass is 9.86. The standard InChI is InChI=1S/C10H16O2/c1-3-5-9-7-12-10(11)6-8(9)4-2/h3,5,8-9H,4,6-7H2,1-2H3/b5-3+. The molecule has 68 valence electrons. The van der Waals surface area contributed by atoms with E-state index in [1.807, 2.05) is 13.0 Å². The molecule has 1 saturated heterocycles. The van der Waals surface area contributed by atoms with Crippen molar-refractivity contribution in [3.8, 4) is 0 Å². The van der Waals surface area contributed by atoms with Gasteiger partial charge in [0.05, 0.1) is 6.61 Å². The van der Waals surface area contributed by atoms with Crippen molar-refractivity contribution in [2.45, 2.75) is 26.7 Å². The second-order valence-corrected chi connectivity index (χ2v) is 3.25. The number of hydrogen-bond donors (Lipinski definition) is 0. The number of ether oxygens (including phenoxy) is 1. The highest BCUT2D eigenvalue weighted by Gasteiger charge is 2.27. The first-order valence-corrected chi connectivity index (χ1v) is 4.56.